The summed E-state index contributed by atoms with van der Waals surface area (Å²) in [5.74, 6) is 0.431. The molecule has 62 heavy (non-hydrogen) atoms. The van der Waals surface area contributed by atoms with Gasteiger partial charge in [0.1, 0.15) is 0 Å². The highest BCUT2D eigenvalue weighted by molar-refractivity contribution is 7.24. The number of para-hydroxylation sites is 5. The van der Waals surface area contributed by atoms with Crippen LogP contribution in [0.4, 0.5) is 17.1 Å². The molecule has 6 heterocycles. The zero-order chi connectivity index (χ0) is 40.6. The number of nitrogens with zero attached hydrogens (tertiary/aromatic N) is 3. The Morgan fingerprint density at radius 1 is 0.484 bits per heavy atom. The van der Waals surface area contributed by atoms with Crippen molar-refractivity contribution in [3.8, 4) is 22.5 Å². The van der Waals surface area contributed by atoms with Gasteiger partial charge in [-0.05, 0) is 102 Å². The Hall–Kier alpha value is -7.34. The lowest BCUT2D eigenvalue weighted by molar-refractivity contribution is 0.868. The molecule has 1 spiro atoms. The molecule has 0 aliphatic carbocycles. The highest BCUT2D eigenvalue weighted by Gasteiger charge is 2.56. The summed E-state index contributed by atoms with van der Waals surface area (Å²) < 4.78 is 5.37. The van der Waals surface area contributed by atoms with E-state index in [1.54, 1.807) is 5.19 Å². The third-order valence-electron chi connectivity index (χ3n) is 15.0. The fourth-order valence-electron chi connectivity index (χ4n) is 12.7. The Kier molecular flexibility index (Phi) is 6.20. The maximum atomic E-state index is 2.74. The van der Waals surface area contributed by atoms with Crippen molar-refractivity contribution in [1.82, 2.24) is 9.13 Å². The summed E-state index contributed by atoms with van der Waals surface area (Å²) in [5, 5.41) is 11.4. The van der Waals surface area contributed by atoms with E-state index in [0.29, 0.717) is 5.92 Å². The molecule has 0 radical (unpaired) electrons. The molecule has 0 amide bonds. The first-order valence-electron chi connectivity index (χ1n) is 22.1. The van der Waals surface area contributed by atoms with Gasteiger partial charge in [0.05, 0.1) is 22.2 Å². The molecule has 4 aliphatic heterocycles. The van der Waals surface area contributed by atoms with Gasteiger partial charge in [-0.3, -0.25) is 0 Å². The SMILES string of the molecule is CC(C)c1ccc2c(c1)[Si]1(c3ccccc3-2)c2ccc3c4c2-n2c5c(cccc5c5cccc1c52)B4c1ccc(N(c2ccccc2)c2ccccc2)c2c4ccccc4n-3c12. The van der Waals surface area contributed by atoms with Gasteiger partial charge in [0.15, 0.2) is 8.07 Å². The Labute approximate surface area is 360 Å². The van der Waals surface area contributed by atoms with Gasteiger partial charge in [0, 0.05) is 49.8 Å². The molecule has 11 aromatic rings. The van der Waals surface area contributed by atoms with E-state index in [1.807, 2.05) is 0 Å². The Balaban J connectivity index is 1.13. The zero-order valence-electron chi connectivity index (χ0n) is 34.4. The zero-order valence-corrected chi connectivity index (χ0v) is 35.4. The fourth-order valence-corrected chi connectivity index (χ4v) is 18.3. The maximum Gasteiger partial charge on any atom is 0.252 e. The van der Waals surface area contributed by atoms with Crippen molar-refractivity contribution in [3.63, 3.8) is 0 Å². The minimum atomic E-state index is -2.84. The van der Waals surface area contributed by atoms with Crippen molar-refractivity contribution in [2.45, 2.75) is 19.8 Å². The number of hydrogen-bond donors (Lipinski definition) is 0. The second-order valence-electron chi connectivity index (χ2n) is 18.1. The van der Waals surface area contributed by atoms with Gasteiger partial charge in [0.25, 0.3) is 6.71 Å². The normalized spacial score (nSPS) is 15.8. The van der Waals surface area contributed by atoms with Gasteiger partial charge < -0.3 is 14.0 Å². The van der Waals surface area contributed by atoms with E-state index in [9.17, 15) is 0 Å². The molecule has 15 rings (SSSR count). The third kappa shape index (κ3) is 3.75. The second-order valence-corrected chi connectivity index (χ2v) is 21.8. The lowest BCUT2D eigenvalue weighted by atomic mass is 9.34. The molecule has 0 fully saturated rings. The Morgan fingerprint density at radius 2 is 1.15 bits per heavy atom. The largest absolute Gasteiger partial charge is 0.310 e. The molecule has 1 unspecified atom stereocenters. The number of fused-ring (bicyclic) bond motifs is 14. The average molecular weight is 804 g/mol. The molecule has 0 saturated carbocycles. The minimum Gasteiger partial charge on any atom is -0.310 e. The number of benzene rings is 9. The summed E-state index contributed by atoms with van der Waals surface area (Å²) in [4.78, 5) is 2.45. The van der Waals surface area contributed by atoms with Crippen molar-refractivity contribution in [2.24, 2.45) is 0 Å². The molecule has 4 aliphatic rings. The van der Waals surface area contributed by atoms with Crippen LogP contribution in [0.5, 0.6) is 0 Å². The van der Waals surface area contributed by atoms with Crippen LogP contribution >= 0.6 is 0 Å². The molecule has 9 aromatic carbocycles. The number of hydrogen-bond acceptors (Lipinski definition) is 1. The van der Waals surface area contributed by atoms with Crippen molar-refractivity contribution >= 4 is 113 Å². The lowest BCUT2D eigenvalue weighted by Gasteiger charge is -2.43. The summed E-state index contributed by atoms with van der Waals surface area (Å²) in [6, 6.07) is 72.2. The minimum absolute atomic E-state index is 0.0569. The van der Waals surface area contributed by atoms with Gasteiger partial charge in [0.2, 0.25) is 0 Å². The van der Waals surface area contributed by atoms with Crippen LogP contribution in [0.2, 0.25) is 0 Å². The van der Waals surface area contributed by atoms with E-state index in [1.165, 1.54) is 109 Å². The molecule has 288 valence electrons. The Bertz CT molecular complexity index is 3770. The van der Waals surface area contributed by atoms with Gasteiger partial charge in [-0.1, -0.05) is 159 Å². The summed E-state index contributed by atoms with van der Waals surface area (Å²) in [6.45, 7) is 4.74. The molecular weight excluding hydrogens is 766 g/mol. The second kappa shape index (κ2) is 11.5. The standard InChI is InChI=1S/C57H38BN3Si/c1-34(2)35-27-28-39-38-19-10-12-25-48(38)62(51(39)33-35)49-26-14-22-41-40-21-13-23-43-54(40)61(55(41)49)57-50(62)32-31-47-53(57)58(43)44-29-30-46(52-42-20-9-11-24-45(42)60(47)56(44)52)59(36-15-5-3-6-16-36)37-17-7-4-8-18-37/h3-34H,1-2H3. The summed E-state index contributed by atoms with van der Waals surface area (Å²) in [6.07, 6.45) is 0. The molecule has 3 nitrogen and oxygen atoms in total. The molecule has 2 aromatic heterocycles. The third-order valence-corrected chi connectivity index (χ3v) is 19.9. The van der Waals surface area contributed by atoms with E-state index in [-0.39, 0.29) is 6.71 Å². The first kappa shape index (κ1) is 33.4. The summed E-state index contributed by atoms with van der Waals surface area (Å²) in [7, 11) is -2.84. The predicted molar refractivity (Wildman–Crippen MR) is 265 cm³/mol. The van der Waals surface area contributed by atoms with E-state index in [4.69, 9.17) is 0 Å². The number of rotatable bonds is 4. The number of aromatic nitrogens is 2. The first-order valence-corrected chi connectivity index (χ1v) is 24.1. The topological polar surface area (TPSA) is 13.1 Å². The van der Waals surface area contributed by atoms with Crippen LogP contribution in [0.3, 0.4) is 0 Å². The van der Waals surface area contributed by atoms with Crippen LogP contribution in [0.25, 0.3) is 66.1 Å². The summed E-state index contributed by atoms with van der Waals surface area (Å²) >= 11 is 0. The smallest absolute Gasteiger partial charge is 0.252 e. The molecule has 5 heteroatoms. The van der Waals surface area contributed by atoms with Crippen LogP contribution in [0.15, 0.2) is 188 Å². The maximum absolute atomic E-state index is 2.84. The Morgan fingerprint density at radius 3 is 1.95 bits per heavy atom. The molecule has 0 N–H and O–H groups in total. The van der Waals surface area contributed by atoms with Crippen molar-refractivity contribution in [1.29, 1.82) is 0 Å². The predicted octanol–water partition coefficient (Wildman–Crippen LogP) is 9.29. The highest BCUT2D eigenvalue weighted by Crippen LogP contribution is 2.46. The average Bonchev–Trinajstić information content (AvgIpc) is 3.96. The summed E-state index contributed by atoms with van der Waals surface area (Å²) in [5.41, 5.74) is 20.0. The van der Waals surface area contributed by atoms with Crippen molar-refractivity contribution in [2.75, 3.05) is 4.90 Å². The highest BCUT2D eigenvalue weighted by atomic mass is 28.3. The van der Waals surface area contributed by atoms with Crippen molar-refractivity contribution < 1.29 is 0 Å². The van der Waals surface area contributed by atoms with Crippen LogP contribution in [-0.2, 0) is 0 Å². The van der Waals surface area contributed by atoms with Crippen LogP contribution in [-0.4, -0.2) is 23.9 Å². The van der Waals surface area contributed by atoms with Gasteiger partial charge >= 0.3 is 0 Å². The molecule has 1 atom stereocenters. The van der Waals surface area contributed by atoms with E-state index < -0.39 is 8.07 Å². The fraction of sp³-hybridized carbons (Fsp3) is 0.0526. The van der Waals surface area contributed by atoms with E-state index in [2.05, 4.69) is 216 Å². The van der Waals surface area contributed by atoms with Crippen LogP contribution in [0, 0.1) is 0 Å². The van der Waals surface area contributed by atoms with Gasteiger partial charge in [-0.25, -0.2) is 0 Å². The monoisotopic (exact) mass is 803 g/mol. The van der Waals surface area contributed by atoms with Crippen molar-refractivity contribution in [3.05, 3.63) is 194 Å². The lowest BCUT2D eigenvalue weighted by Crippen LogP contribution is -2.76. The molecule has 0 bridgehead atoms. The van der Waals surface area contributed by atoms with Crippen LogP contribution in [0.1, 0.15) is 25.3 Å². The van der Waals surface area contributed by atoms with E-state index in [0.717, 1.165) is 11.4 Å². The van der Waals surface area contributed by atoms with Gasteiger partial charge in [-0.15, -0.1) is 0 Å². The van der Waals surface area contributed by atoms with Crippen LogP contribution < -0.4 is 42.0 Å². The quantitative estimate of drug-likeness (QED) is 0.162. The van der Waals surface area contributed by atoms with Gasteiger partial charge in [-0.2, -0.15) is 0 Å². The number of anilines is 3. The molecule has 0 saturated heterocycles. The molecular formula is C57H38BN3Si. The van der Waals surface area contributed by atoms with E-state index >= 15 is 0 Å². The first-order chi connectivity index (χ1) is 30.6.